The molecule has 0 heterocycles. The van der Waals surface area contributed by atoms with Gasteiger partial charge in [0.15, 0.2) is 0 Å². The Hall–Kier alpha value is -0.0900. The molecule has 0 bridgehead atoms. The van der Waals surface area contributed by atoms with Crippen molar-refractivity contribution < 1.29 is 4.74 Å². The second-order valence-electron chi connectivity index (χ2n) is 4.21. The van der Waals surface area contributed by atoms with Crippen LogP contribution in [-0.4, -0.2) is 7.11 Å². The molecule has 0 amide bonds. The third-order valence-corrected chi connectivity index (χ3v) is 4.44. The molecule has 1 atom stereocenters. The normalized spacial score (nSPS) is 13.9. The van der Waals surface area contributed by atoms with Gasteiger partial charge >= 0.3 is 0 Å². The monoisotopic (exact) mass is 318 g/mol. The maximum absolute atomic E-state index is 5.45. The first kappa shape index (κ1) is 13.0. The number of alkyl halides is 1. The van der Waals surface area contributed by atoms with Gasteiger partial charge < -0.3 is 4.74 Å². The highest BCUT2D eigenvalue weighted by Gasteiger charge is 2.19. The summed E-state index contributed by atoms with van der Waals surface area (Å²) in [5.74, 6) is 0. The number of methoxy groups -OCH3 is 1. The lowest BCUT2D eigenvalue weighted by molar-refractivity contribution is 0.0192. The smallest absolute Gasteiger partial charge is 0.0871 e. The van der Waals surface area contributed by atoms with Gasteiger partial charge in [-0.3, -0.25) is 0 Å². The third kappa shape index (κ3) is 3.18. The summed E-state index contributed by atoms with van der Waals surface area (Å²) in [6, 6.07) is 8.74. The molecule has 0 fully saturated rings. The van der Waals surface area contributed by atoms with E-state index in [4.69, 9.17) is 4.74 Å². The Kier molecular flexibility index (Phi) is 4.59. The summed E-state index contributed by atoms with van der Waals surface area (Å²) >= 11 is 2.48. The summed E-state index contributed by atoms with van der Waals surface area (Å²) in [6.45, 7) is 6.39. The Balaban J connectivity index is 2.90. The van der Waals surface area contributed by atoms with Crippen molar-refractivity contribution in [3.63, 3.8) is 0 Å². The molecule has 1 aromatic rings. The van der Waals surface area contributed by atoms with E-state index in [2.05, 4.69) is 67.6 Å². The van der Waals surface area contributed by atoms with E-state index in [1.54, 1.807) is 7.11 Å². The van der Waals surface area contributed by atoms with Gasteiger partial charge in [0.2, 0.25) is 0 Å². The third-order valence-electron chi connectivity index (χ3n) is 2.84. The zero-order valence-electron chi connectivity index (χ0n) is 9.88. The van der Waals surface area contributed by atoms with Crippen LogP contribution in [0.5, 0.6) is 0 Å². The van der Waals surface area contributed by atoms with E-state index in [9.17, 15) is 0 Å². The van der Waals surface area contributed by atoms with E-state index in [0.717, 1.165) is 0 Å². The molecule has 15 heavy (non-hydrogen) atoms. The van der Waals surface area contributed by atoms with Gasteiger partial charge in [-0.1, -0.05) is 53.8 Å². The summed E-state index contributed by atoms with van der Waals surface area (Å²) in [7, 11) is 1.75. The van der Waals surface area contributed by atoms with Gasteiger partial charge in [0.05, 0.1) is 5.60 Å². The molecule has 0 aliphatic rings. The van der Waals surface area contributed by atoms with E-state index in [-0.39, 0.29) is 5.60 Å². The summed E-state index contributed by atoms with van der Waals surface area (Å²) in [5.41, 5.74) is 2.44. The van der Waals surface area contributed by atoms with Crippen LogP contribution in [0.2, 0.25) is 0 Å². The lowest BCUT2D eigenvalue weighted by atomic mass is 9.96. The van der Waals surface area contributed by atoms with Crippen molar-refractivity contribution in [2.75, 3.05) is 7.11 Å². The molecule has 1 rings (SSSR count). The number of rotatable bonds is 4. The van der Waals surface area contributed by atoms with Crippen LogP contribution >= 0.6 is 22.6 Å². The second kappa shape index (κ2) is 5.30. The van der Waals surface area contributed by atoms with E-state index in [1.807, 2.05) is 0 Å². The van der Waals surface area contributed by atoms with Crippen LogP contribution in [0.4, 0.5) is 0 Å². The zero-order valence-corrected chi connectivity index (χ0v) is 12.0. The molecule has 84 valence electrons. The van der Waals surface area contributed by atoms with Gasteiger partial charge in [-0.2, -0.15) is 0 Å². The van der Waals surface area contributed by atoms with E-state index < -0.39 is 0 Å². The first-order chi connectivity index (χ1) is 7.01. The number of hydrogen-bond donors (Lipinski definition) is 0. The van der Waals surface area contributed by atoms with Crippen molar-refractivity contribution in [2.45, 2.75) is 36.7 Å². The average molecular weight is 318 g/mol. The van der Waals surface area contributed by atoms with Gasteiger partial charge in [0.1, 0.15) is 0 Å². The van der Waals surface area contributed by atoms with Crippen LogP contribution in [0.15, 0.2) is 24.3 Å². The molecule has 0 saturated heterocycles. The summed E-state index contributed by atoms with van der Waals surface area (Å²) < 4.78 is 6.06. The lowest BCUT2D eigenvalue weighted by Gasteiger charge is -2.23. The standard InChI is InChI=1S/C13H19IO/c1-5-12(14)10-6-8-11(9-7-10)13(2,3)15-4/h6-9,12H,5H2,1-4H3. The molecule has 0 spiro atoms. The highest BCUT2D eigenvalue weighted by atomic mass is 127. The van der Waals surface area contributed by atoms with Crippen LogP contribution in [0.25, 0.3) is 0 Å². The highest BCUT2D eigenvalue weighted by molar-refractivity contribution is 14.1. The molecule has 1 aromatic carbocycles. The van der Waals surface area contributed by atoms with E-state index >= 15 is 0 Å². The second-order valence-corrected chi connectivity index (χ2v) is 5.72. The van der Waals surface area contributed by atoms with E-state index in [1.165, 1.54) is 17.5 Å². The van der Waals surface area contributed by atoms with Crippen molar-refractivity contribution in [3.05, 3.63) is 35.4 Å². The van der Waals surface area contributed by atoms with Crippen LogP contribution in [0, 0.1) is 0 Å². The van der Waals surface area contributed by atoms with Gasteiger partial charge in [0.25, 0.3) is 0 Å². The minimum Gasteiger partial charge on any atom is -0.374 e. The number of halogens is 1. The Morgan fingerprint density at radius 2 is 1.80 bits per heavy atom. The van der Waals surface area contributed by atoms with Crippen LogP contribution < -0.4 is 0 Å². The maximum atomic E-state index is 5.45. The molecule has 2 heteroatoms. The quantitative estimate of drug-likeness (QED) is 0.588. The zero-order chi connectivity index (χ0) is 11.5. The van der Waals surface area contributed by atoms with Crippen molar-refractivity contribution in [2.24, 2.45) is 0 Å². The Labute approximate surface area is 106 Å². The fourth-order valence-electron chi connectivity index (χ4n) is 1.45. The molecule has 0 aromatic heterocycles. The average Bonchev–Trinajstić information content (AvgIpc) is 2.28. The Bertz CT molecular complexity index is 303. The molecule has 0 aliphatic heterocycles. The van der Waals surface area contributed by atoms with E-state index in [0.29, 0.717) is 3.92 Å². The predicted molar refractivity (Wildman–Crippen MR) is 73.5 cm³/mol. The number of benzene rings is 1. The largest absolute Gasteiger partial charge is 0.374 e. The Morgan fingerprint density at radius 1 is 1.27 bits per heavy atom. The topological polar surface area (TPSA) is 9.23 Å². The molecular weight excluding hydrogens is 299 g/mol. The molecule has 0 N–H and O–H groups in total. The Morgan fingerprint density at radius 3 is 2.20 bits per heavy atom. The summed E-state index contributed by atoms with van der Waals surface area (Å²) in [4.78, 5) is 0. The summed E-state index contributed by atoms with van der Waals surface area (Å²) in [6.07, 6.45) is 1.17. The van der Waals surface area contributed by atoms with Crippen LogP contribution in [0.1, 0.15) is 42.2 Å². The molecule has 0 aliphatic carbocycles. The maximum Gasteiger partial charge on any atom is 0.0871 e. The van der Waals surface area contributed by atoms with Crippen molar-refractivity contribution in [1.29, 1.82) is 0 Å². The first-order valence-corrected chi connectivity index (χ1v) is 6.55. The SMILES string of the molecule is CCC(I)c1ccc(C(C)(C)OC)cc1. The van der Waals surface area contributed by atoms with Gasteiger partial charge in [-0.15, -0.1) is 0 Å². The van der Waals surface area contributed by atoms with Gasteiger partial charge in [-0.25, -0.2) is 0 Å². The molecule has 1 unspecified atom stereocenters. The van der Waals surface area contributed by atoms with Gasteiger partial charge in [0, 0.05) is 11.0 Å². The van der Waals surface area contributed by atoms with Crippen LogP contribution in [-0.2, 0) is 10.3 Å². The van der Waals surface area contributed by atoms with Crippen molar-refractivity contribution >= 4 is 22.6 Å². The lowest BCUT2D eigenvalue weighted by Crippen LogP contribution is -2.19. The fraction of sp³-hybridized carbons (Fsp3) is 0.538. The minimum atomic E-state index is -0.189. The molecule has 0 radical (unpaired) electrons. The minimum absolute atomic E-state index is 0.189. The fourth-order valence-corrected chi connectivity index (χ4v) is 1.86. The predicted octanol–water partition coefficient (Wildman–Crippen LogP) is 4.45. The molecular formula is C13H19IO. The highest BCUT2D eigenvalue weighted by Crippen LogP contribution is 2.29. The summed E-state index contributed by atoms with van der Waals surface area (Å²) in [5, 5.41) is 0. The molecule has 0 saturated carbocycles. The van der Waals surface area contributed by atoms with Crippen LogP contribution in [0.3, 0.4) is 0 Å². The van der Waals surface area contributed by atoms with Gasteiger partial charge in [-0.05, 0) is 31.4 Å². The van der Waals surface area contributed by atoms with Crippen molar-refractivity contribution in [1.82, 2.24) is 0 Å². The molecule has 1 nitrogen and oxygen atoms in total. The van der Waals surface area contributed by atoms with Crippen molar-refractivity contribution in [3.8, 4) is 0 Å². The first-order valence-electron chi connectivity index (χ1n) is 5.31. The number of ether oxygens (including phenoxy) is 1. The number of hydrogen-bond acceptors (Lipinski definition) is 1.